The SMILES string of the molecule is Cc1cccc(C(F)(F)F)c1-c1ccc(-c2ccc(C#N)cc2-n2c3ccccc3c3cc(-c4nc(-c5ccccc5)nc(-c5ccccc5)n4)ccc32)c(-n2c3ccccc3c3cc(-c4nc(-c5ccccc5)nc(-c5ccccc5)n4)ccc32)c1. The lowest BCUT2D eigenvalue weighted by Crippen LogP contribution is -2.08. The van der Waals surface area contributed by atoms with Crippen molar-refractivity contribution in [1.29, 1.82) is 5.26 Å². The number of nitrogens with zero attached hydrogens (tertiary/aromatic N) is 9. The summed E-state index contributed by atoms with van der Waals surface area (Å²) in [6.07, 6.45) is -4.65. The number of fused-ring (bicyclic) bond motifs is 6. The van der Waals surface area contributed by atoms with Crippen molar-refractivity contribution in [1.82, 2.24) is 39.0 Å². The van der Waals surface area contributed by atoms with Crippen LogP contribution in [0.1, 0.15) is 16.7 Å². The summed E-state index contributed by atoms with van der Waals surface area (Å²) in [5, 5.41) is 14.3. The smallest absolute Gasteiger partial charge is 0.309 e. The molecule has 0 bridgehead atoms. The number of halogens is 3. The number of nitriles is 1. The van der Waals surface area contributed by atoms with Crippen molar-refractivity contribution in [2.75, 3.05) is 0 Å². The minimum absolute atomic E-state index is 0.0855. The Hall–Kier alpha value is -11.7. The fourth-order valence-corrected chi connectivity index (χ4v) is 12.0. The normalized spacial score (nSPS) is 11.7. The van der Waals surface area contributed by atoms with E-state index in [1.807, 2.05) is 194 Å². The van der Waals surface area contributed by atoms with Crippen molar-refractivity contribution >= 4 is 43.6 Å². The summed E-state index contributed by atoms with van der Waals surface area (Å²) in [6, 6.07) is 85.7. The summed E-state index contributed by atoms with van der Waals surface area (Å²) < 4.78 is 50.0. The molecule has 412 valence electrons. The molecule has 9 nitrogen and oxygen atoms in total. The van der Waals surface area contributed by atoms with Gasteiger partial charge in [-0.25, -0.2) is 29.9 Å². The van der Waals surface area contributed by atoms with Crippen LogP contribution in [0, 0.1) is 18.3 Å². The minimum atomic E-state index is -4.65. The van der Waals surface area contributed by atoms with Crippen LogP contribution in [0.25, 0.3) is 146 Å². The molecule has 0 aliphatic rings. The van der Waals surface area contributed by atoms with Gasteiger partial charge in [-0.2, -0.15) is 18.4 Å². The van der Waals surface area contributed by atoms with Crippen molar-refractivity contribution in [2.45, 2.75) is 13.1 Å². The van der Waals surface area contributed by atoms with E-state index in [0.29, 0.717) is 68.6 Å². The average molecular weight is 1130 g/mol. The molecule has 0 fully saturated rings. The topological polar surface area (TPSA) is 111 Å². The monoisotopic (exact) mass is 1130 g/mol. The maximum atomic E-state index is 15.2. The molecule has 0 N–H and O–H groups in total. The first-order valence-electron chi connectivity index (χ1n) is 28.3. The Bertz CT molecular complexity index is 5110. The molecule has 4 aromatic heterocycles. The van der Waals surface area contributed by atoms with E-state index < -0.39 is 11.7 Å². The number of para-hydroxylation sites is 2. The molecule has 0 aliphatic heterocycles. The third kappa shape index (κ3) is 9.31. The average Bonchev–Trinajstić information content (AvgIpc) is 1.86. The predicted molar refractivity (Wildman–Crippen MR) is 340 cm³/mol. The number of benzene rings is 11. The van der Waals surface area contributed by atoms with Crippen LogP contribution in [0.5, 0.6) is 0 Å². The second-order valence-corrected chi connectivity index (χ2v) is 21.3. The quantitative estimate of drug-likeness (QED) is 0.134. The zero-order valence-electron chi connectivity index (χ0n) is 46.5. The molecule has 0 spiro atoms. The maximum Gasteiger partial charge on any atom is 0.417 e. The summed E-state index contributed by atoms with van der Waals surface area (Å²) in [7, 11) is 0. The Balaban J connectivity index is 0.960. The van der Waals surface area contributed by atoms with E-state index >= 15 is 13.2 Å². The van der Waals surface area contributed by atoms with E-state index in [-0.39, 0.29) is 5.56 Å². The first-order chi connectivity index (χ1) is 42.6. The van der Waals surface area contributed by atoms with Gasteiger partial charge in [-0.05, 0) is 96.4 Å². The van der Waals surface area contributed by atoms with Crippen LogP contribution in [0.2, 0.25) is 0 Å². The van der Waals surface area contributed by atoms with Crippen LogP contribution in [0.4, 0.5) is 13.2 Å². The number of aromatic nitrogens is 8. The highest BCUT2D eigenvalue weighted by atomic mass is 19.4. The Morgan fingerprint density at radius 2 is 0.701 bits per heavy atom. The van der Waals surface area contributed by atoms with E-state index in [2.05, 4.69) is 51.6 Å². The standard InChI is InChI=1S/C75H46F3N9/c1-46-19-18-30-61(75(76,77)78)68(46)52-34-38-58(67(44-52)87-63-32-17-15-29-56(63)60-43-54(36-40-65(60)87)74-84-71(50-24-10-4-11-25-50)81-72(85-74)51-26-12-5-13-27-51)57-37-33-47(45-79)41-66(57)86-62-31-16-14-28-55(62)59-42-53(35-39-64(59)86)73-82-69(48-20-6-2-7-21-48)80-70(83-73)49-22-8-3-9-23-49/h2-44H,1H3. The van der Waals surface area contributed by atoms with Crippen LogP contribution in [0.3, 0.4) is 0 Å². The van der Waals surface area contributed by atoms with Crippen LogP contribution in [-0.2, 0) is 6.18 Å². The molecule has 4 heterocycles. The van der Waals surface area contributed by atoms with Crippen LogP contribution in [-0.4, -0.2) is 39.0 Å². The largest absolute Gasteiger partial charge is 0.417 e. The van der Waals surface area contributed by atoms with Gasteiger partial charge in [0, 0.05) is 66.1 Å². The van der Waals surface area contributed by atoms with Gasteiger partial charge in [0.1, 0.15) is 0 Å². The van der Waals surface area contributed by atoms with Gasteiger partial charge >= 0.3 is 6.18 Å². The molecular weight excluding hydrogens is 1080 g/mol. The van der Waals surface area contributed by atoms with E-state index in [1.165, 1.54) is 6.07 Å². The summed E-state index contributed by atoms with van der Waals surface area (Å²) in [6.45, 7) is 1.71. The summed E-state index contributed by atoms with van der Waals surface area (Å²) in [5.41, 5.74) is 11.6. The molecular formula is C75H46F3N9. The molecule has 0 unspecified atom stereocenters. The summed E-state index contributed by atoms with van der Waals surface area (Å²) in [4.78, 5) is 30.2. The molecule has 15 rings (SSSR count). The Kier molecular flexibility index (Phi) is 12.7. The maximum absolute atomic E-state index is 15.2. The van der Waals surface area contributed by atoms with Gasteiger partial charge < -0.3 is 9.13 Å². The third-order valence-electron chi connectivity index (χ3n) is 16.0. The van der Waals surface area contributed by atoms with Crippen LogP contribution in [0.15, 0.2) is 261 Å². The Labute approximate surface area is 497 Å². The zero-order chi connectivity index (χ0) is 58.8. The molecule has 0 radical (unpaired) electrons. The van der Waals surface area contributed by atoms with Gasteiger partial charge in [0.2, 0.25) is 0 Å². The highest BCUT2D eigenvalue weighted by molar-refractivity contribution is 6.13. The van der Waals surface area contributed by atoms with Crippen molar-refractivity contribution < 1.29 is 13.2 Å². The fraction of sp³-hybridized carbons (Fsp3) is 0.0267. The number of hydrogen-bond donors (Lipinski definition) is 0. The molecule has 0 saturated heterocycles. The van der Waals surface area contributed by atoms with Gasteiger partial charge in [-0.15, -0.1) is 0 Å². The molecule has 87 heavy (non-hydrogen) atoms. The van der Waals surface area contributed by atoms with Crippen molar-refractivity contribution in [3.63, 3.8) is 0 Å². The molecule has 0 aliphatic carbocycles. The fourth-order valence-electron chi connectivity index (χ4n) is 12.0. The Morgan fingerprint density at radius 3 is 1.13 bits per heavy atom. The van der Waals surface area contributed by atoms with Gasteiger partial charge in [0.15, 0.2) is 34.9 Å². The lowest BCUT2D eigenvalue weighted by molar-refractivity contribution is -0.137. The number of alkyl halides is 3. The highest BCUT2D eigenvalue weighted by Crippen LogP contribution is 2.46. The first-order valence-corrected chi connectivity index (χ1v) is 28.3. The molecule has 11 aromatic carbocycles. The second kappa shape index (κ2) is 21.2. The van der Waals surface area contributed by atoms with Crippen molar-refractivity contribution in [2.24, 2.45) is 0 Å². The van der Waals surface area contributed by atoms with Gasteiger partial charge in [-0.1, -0.05) is 188 Å². The van der Waals surface area contributed by atoms with Gasteiger partial charge in [0.05, 0.1) is 50.6 Å². The molecule has 12 heteroatoms. The molecule has 15 aromatic rings. The van der Waals surface area contributed by atoms with Crippen LogP contribution < -0.4 is 0 Å². The second-order valence-electron chi connectivity index (χ2n) is 21.3. The highest BCUT2D eigenvalue weighted by Gasteiger charge is 2.35. The van der Waals surface area contributed by atoms with E-state index in [1.54, 1.807) is 25.1 Å². The lowest BCUT2D eigenvalue weighted by Gasteiger charge is -2.21. The predicted octanol–water partition coefficient (Wildman–Crippen LogP) is 18.8. The molecule has 0 amide bonds. The summed E-state index contributed by atoms with van der Waals surface area (Å²) in [5.74, 6) is 3.11. The van der Waals surface area contributed by atoms with Crippen molar-refractivity contribution in [3.8, 4) is 108 Å². The number of rotatable bonds is 10. The molecule has 0 saturated carbocycles. The third-order valence-corrected chi connectivity index (χ3v) is 16.0. The molecule has 0 atom stereocenters. The lowest BCUT2D eigenvalue weighted by atomic mass is 9.91. The van der Waals surface area contributed by atoms with Crippen LogP contribution >= 0.6 is 0 Å². The first kappa shape index (κ1) is 52.1. The number of hydrogen-bond acceptors (Lipinski definition) is 7. The van der Waals surface area contributed by atoms with Crippen molar-refractivity contribution in [3.05, 3.63) is 278 Å². The van der Waals surface area contributed by atoms with E-state index in [4.69, 9.17) is 29.9 Å². The Morgan fingerprint density at radius 1 is 0.333 bits per heavy atom. The van der Waals surface area contributed by atoms with E-state index in [0.717, 1.165) is 88.6 Å². The minimum Gasteiger partial charge on any atom is -0.309 e. The van der Waals surface area contributed by atoms with Gasteiger partial charge in [0.25, 0.3) is 0 Å². The summed E-state index contributed by atoms with van der Waals surface area (Å²) >= 11 is 0. The van der Waals surface area contributed by atoms with Gasteiger partial charge in [-0.3, -0.25) is 0 Å². The van der Waals surface area contributed by atoms with E-state index in [9.17, 15) is 5.26 Å². The zero-order valence-corrected chi connectivity index (χ0v) is 46.5. The number of aryl methyl sites for hydroxylation is 1.